The summed E-state index contributed by atoms with van der Waals surface area (Å²) in [6, 6.07) is 0.327. The molecule has 1 rings (SSSR count). The van der Waals surface area contributed by atoms with Crippen molar-refractivity contribution in [2.45, 2.75) is 32.2 Å². The number of rotatable bonds is 5. The number of likely N-dealkylation sites (tertiary alicyclic amines) is 1. The quantitative estimate of drug-likeness (QED) is 0.613. The van der Waals surface area contributed by atoms with Crippen LogP contribution in [0, 0.1) is 5.92 Å². The van der Waals surface area contributed by atoms with E-state index < -0.39 is 0 Å². The summed E-state index contributed by atoms with van der Waals surface area (Å²) in [5, 5.41) is 0. The first kappa shape index (κ1) is 11.8. The zero-order chi connectivity index (χ0) is 11.4. The lowest BCUT2D eigenvalue weighted by atomic mass is 10.1. The van der Waals surface area contributed by atoms with E-state index >= 15 is 0 Å². The molecule has 2 unspecified atom stereocenters. The Labute approximate surface area is 93.5 Å². The number of hydrogen-bond donors (Lipinski definition) is 0. The van der Waals surface area contributed by atoms with Crippen molar-refractivity contribution in [2.24, 2.45) is 5.92 Å². The minimum atomic E-state index is 0.327. The third kappa shape index (κ3) is 2.41. The first-order valence-electron chi connectivity index (χ1n) is 5.51. The van der Waals surface area contributed by atoms with Crippen molar-refractivity contribution in [2.75, 3.05) is 0 Å². The Balaban J connectivity index is 2.74. The van der Waals surface area contributed by atoms with Gasteiger partial charge in [-0.05, 0) is 19.3 Å². The molecule has 0 saturated carbocycles. The Bertz CT molecular complexity index is 288. The Morgan fingerprint density at radius 1 is 1.47 bits per heavy atom. The van der Waals surface area contributed by atoms with Gasteiger partial charge in [0, 0.05) is 17.3 Å². The molecule has 1 heteroatoms. The van der Waals surface area contributed by atoms with Crippen LogP contribution >= 0.6 is 0 Å². The van der Waals surface area contributed by atoms with Crippen LogP contribution in [0.5, 0.6) is 0 Å². The van der Waals surface area contributed by atoms with Crippen LogP contribution < -0.4 is 0 Å². The monoisotopic (exact) mass is 203 g/mol. The molecule has 0 radical (unpaired) electrons. The van der Waals surface area contributed by atoms with Crippen LogP contribution in [-0.4, -0.2) is 10.9 Å². The maximum atomic E-state index is 4.14. The molecule has 0 bridgehead atoms. The number of nitrogens with zero attached hydrogens (tertiary/aromatic N) is 1. The maximum absolute atomic E-state index is 4.14. The van der Waals surface area contributed by atoms with E-state index in [4.69, 9.17) is 0 Å². The molecule has 0 aromatic carbocycles. The molecule has 1 aliphatic rings. The minimum absolute atomic E-state index is 0.327. The second-order valence-corrected chi connectivity index (χ2v) is 4.20. The molecule has 0 N–H and O–H groups in total. The zero-order valence-electron chi connectivity index (χ0n) is 9.71. The van der Waals surface area contributed by atoms with Gasteiger partial charge in [0.1, 0.15) is 0 Å². The fraction of sp³-hybridized carbons (Fsp3) is 0.429. The van der Waals surface area contributed by atoms with Gasteiger partial charge in [0.25, 0.3) is 0 Å². The van der Waals surface area contributed by atoms with Crippen LogP contribution in [0.1, 0.15) is 26.2 Å². The molecule has 1 saturated heterocycles. The van der Waals surface area contributed by atoms with E-state index in [2.05, 4.69) is 38.1 Å². The largest absolute Gasteiger partial charge is 0.343 e. The van der Waals surface area contributed by atoms with Crippen molar-refractivity contribution in [3.63, 3.8) is 0 Å². The summed E-state index contributed by atoms with van der Waals surface area (Å²) < 4.78 is 0. The lowest BCUT2D eigenvalue weighted by Crippen LogP contribution is -2.28. The first-order chi connectivity index (χ1) is 7.11. The molecular weight excluding hydrogens is 182 g/mol. The second-order valence-electron chi connectivity index (χ2n) is 4.20. The van der Waals surface area contributed by atoms with Crippen molar-refractivity contribution >= 4 is 0 Å². The summed E-state index contributed by atoms with van der Waals surface area (Å²) in [5.74, 6) is 0.517. The highest BCUT2D eigenvalue weighted by atomic mass is 15.2. The van der Waals surface area contributed by atoms with Gasteiger partial charge in [0.2, 0.25) is 0 Å². The van der Waals surface area contributed by atoms with Gasteiger partial charge < -0.3 is 4.90 Å². The van der Waals surface area contributed by atoms with E-state index in [0.717, 1.165) is 19.3 Å². The Kier molecular flexibility index (Phi) is 3.96. The summed E-state index contributed by atoms with van der Waals surface area (Å²) >= 11 is 0. The predicted octanol–water partition coefficient (Wildman–Crippen LogP) is 3.88. The summed E-state index contributed by atoms with van der Waals surface area (Å²) in [4.78, 5) is 2.24. The predicted molar refractivity (Wildman–Crippen MR) is 67.3 cm³/mol. The fourth-order valence-corrected chi connectivity index (χ4v) is 2.10. The fourth-order valence-electron chi connectivity index (χ4n) is 2.10. The molecule has 1 aliphatic heterocycles. The van der Waals surface area contributed by atoms with Gasteiger partial charge >= 0.3 is 0 Å². The standard InChI is InChI=1S/C14H21N/c1-6-8-9-14(7-2)15-12(4)10-11(3)13(15)5/h6-7,11,14H,1-2,4-5,8-10H2,3H3. The Hall–Kier alpha value is -1.24. The van der Waals surface area contributed by atoms with Crippen molar-refractivity contribution in [3.8, 4) is 0 Å². The molecule has 82 valence electrons. The van der Waals surface area contributed by atoms with Gasteiger partial charge in [0.15, 0.2) is 0 Å². The van der Waals surface area contributed by atoms with Crippen LogP contribution in [0.15, 0.2) is 49.9 Å². The molecule has 1 heterocycles. The third-order valence-electron chi connectivity index (χ3n) is 3.03. The summed E-state index contributed by atoms with van der Waals surface area (Å²) in [5.41, 5.74) is 2.34. The highest BCUT2D eigenvalue weighted by Crippen LogP contribution is 2.36. The smallest absolute Gasteiger partial charge is 0.0515 e. The Morgan fingerprint density at radius 2 is 2.13 bits per heavy atom. The number of allylic oxidation sites excluding steroid dienone is 3. The van der Waals surface area contributed by atoms with Crippen molar-refractivity contribution in [1.29, 1.82) is 0 Å². The van der Waals surface area contributed by atoms with Crippen molar-refractivity contribution in [1.82, 2.24) is 4.90 Å². The molecule has 1 fully saturated rings. The third-order valence-corrected chi connectivity index (χ3v) is 3.03. The van der Waals surface area contributed by atoms with Crippen molar-refractivity contribution < 1.29 is 0 Å². The molecule has 0 aliphatic carbocycles. The van der Waals surface area contributed by atoms with E-state index in [9.17, 15) is 0 Å². The van der Waals surface area contributed by atoms with Crippen LogP contribution in [0.4, 0.5) is 0 Å². The lowest BCUT2D eigenvalue weighted by Gasteiger charge is -2.29. The van der Waals surface area contributed by atoms with Crippen LogP contribution in [0.3, 0.4) is 0 Å². The normalized spacial score (nSPS) is 23.0. The van der Waals surface area contributed by atoms with E-state index in [-0.39, 0.29) is 0 Å². The molecule has 0 spiro atoms. The second kappa shape index (κ2) is 5.01. The zero-order valence-corrected chi connectivity index (χ0v) is 9.71. The van der Waals surface area contributed by atoms with E-state index in [1.807, 2.05) is 12.2 Å². The minimum Gasteiger partial charge on any atom is -0.343 e. The van der Waals surface area contributed by atoms with Crippen LogP contribution in [0.25, 0.3) is 0 Å². The maximum Gasteiger partial charge on any atom is 0.0515 e. The molecule has 2 atom stereocenters. The average Bonchev–Trinajstić information content (AvgIpc) is 2.45. The van der Waals surface area contributed by atoms with Gasteiger partial charge in [-0.3, -0.25) is 0 Å². The van der Waals surface area contributed by atoms with E-state index in [0.29, 0.717) is 12.0 Å². The van der Waals surface area contributed by atoms with Gasteiger partial charge in [0.05, 0.1) is 6.04 Å². The highest BCUT2D eigenvalue weighted by molar-refractivity contribution is 5.22. The number of hydrogen-bond acceptors (Lipinski definition) is 1. The SMILES string of the molecule is C=CCCC(C=C)N1C(=C)CC(C)C1=C. The first-order valence-corrected chi connectivity index (χ1v) is 5.51. The summed E-state index contributed by atoms with van der Waals surface area (Å²) in [6.07, 6.45) is 7.00. The molecule has 0 amide bonds. The average molecular weight is 203 g/mol. The topological polar surface area (TPSA) is 3.24 Å². The molecule has 1 nitrogen and oxygen atoms in total. The van der Waals surface area contributed by atoms with E-state index in [1.165, 1.54) is 11.4 Å². The molecule has 15 heavy (non-hydrogen) atoms. The van der Waals surface area contributed by atoms with Gasteiger partial charge in [-0.15, -0.1) is 13.2 Å². The van der Waals surface area contributed by atoms with E-state index in [1.54, 1.807) is 0 Å². The summed E-state index contributed by atoms with van der Waals surface area (Å²) in [6.45, 7) is 18.1. The van der Waals surface area contributed by atoms with Crippen LogP contribution in [0.2, 0.25) is 0 Å². The lowest BCUT2D eigenvalue weighted by molar-refractivity contribution is 0.365. The van der Waals surface area contributed by atoms with Gasteiger partial charge in [-0.25, -0.2) is 0 Å². The highest BCUT2D eigenvalue weighted by Gasteiger charge is 2.29. The molecular formula is C14H21N. The summed E-state index contributed by atoms with van der Waals surface area (Å²) in [7, 11) is 0. The van der Waals surface area contributed by atoms with Gasteiger partial charge in [-0.1, -0.05) is 32.2 Å². The van der Waals surface area contributed by atoms with Gasteiger partial charge in [-0.2, -0.15) is 0 Å². The molecule has 0 aromatic heterocycles. The van der Waals surface area contributed by atoms with Crippen molar-refractivity contribution in [3.05, 3.63) is 49.9 Å². The molecule has 0 aromatic rings. The Morgan fingerprint density at radius 3 is 2.53 bits per heavy atom. The van der Waals surface area contributed by atoms with Crippen LogP contribution in [-0.2, 0) is 0 Å².